The number of rotatable bonds is 4. The second-order valence-corrected chi connectivity index (χ2v) is 5.61. The van der Waals surface area contributed by atoms with Crippen LogP contribution in [0.5, 0.6) is 17.4 Å². The van der Waals surface area contributed by atoms with Crippen LogP contribution in [0.15, 0.2) is 33.3 Å². The number of carboxylic acids is 1. The predicted octanol–water partition coefficient (Wildman–Crippen LogP) is 3.69. The van der Waals surface area contributed by atoms with Crippen LogP contribution in [0.3, 0.4) is 0 Å². The summed E-state index contributed by atoms with van der Waals surface area (Å²) in [6, 6.07) is 4.68. The molecule has 0 unspecified atom stereocenters. The largest absolute Gasteiger partial charge is 0.496 e. The van der Waals surface area contributed by atoms with Gasteiger partial charge in [0.15, 0.2) is 0 Å². The highest BCUT2D eigenvalue weighted by molar-refractivity contribution is 9.11. The van der Waals surface area contributed by atoms with E-state index in [4.69, 9.17) is 20.3 Å². The second kappa shape index (κ2) is 6.31. The Balaban J connectivity index is 2.41. The summed E-state index contributed by atoms with van der Waals surface area (Å²) < 4.78 is 12.0. The number of carbonyl (C=O) groups is 1. The molecule has 1 heterocycles. The Morgan fingerprint density at radius 2 is 1.90 bits per heavy atom. The fraction of sp³-hybridized carbons (Fsp3) is 0.0769. The average molecular weight is 418 g/mol. The van der Waals surface area contributed by atoms with E-state index >= 15 is 0 Å². The highest BCUT2D eigenvalue weighted by atomic mass is 79.9. The number of methoxy groups -OCH3 is 1. The van der Waals surface area contributed by atoms with E-state index < -0.39 is 5.97 Å². The molecule has 3 N–H and O–H groups in total. The van der Waals surface area contributed by atoms with Gasteiger partial charge in [0, 0.05) is 6.20 Å². The molecule has 21 heavy (non-hydrogen) atoms. The molecule has 0 atom stereocenters. The minimum atomic E-state index is -1.14. The number of halogens is 2. The lowest BCUT2D eigenvalue weighted by molar-refractivity contribution is 0.0697. The summed E-state index contributed by atoms with van der Waals surface area (Å²) in [6.45, 7) is 0. The number of nitrogens with two attached hydrogens (primary N) is 1. The first-order chi connectivity index (χ1) is 9.93. The normalized spacial score (nSPS) is 10.2. The van der Waals surface area contributed by atoms with Gasteiger partial charge in [0.05, 0.1) is 21.6 Å². The number of nitrogens with zero attached hydrogens (tertiary/aromatic N) is 1. The van der Waals surface area contributed by atoms with E-state index in [1.54, 1.807) is 19.2 Å². The number of carboxylic acid groups (broad SMARTS) is 1. The number of aromatic nitrogens is 1. The summed E-state index contributed by atoms with van der Waals surface area (Å²) in [5.74, 6) is -0.0822. The molecule has 0 saturated heterocycles. The molecule has 0 aliphatic carbocycles. The SMILES string of the molecule is COc1cc(Br)c(Oc2nccc(C(=O)O)c2N)cc1Br. The van der Waals surface area contributed by atoms with E-state index in [2.05, 4.69) is 36.8 Å². The molecule has 0 aliphatic rings. The van der Waals surface area contributed by atoms with E-state index in [1.165, 1.54) is 12.3 Å². The third-order valence-electron chi connectivity index (χ3n) is 2.60. The zero-order valence-electron chi connectivity index (χ0n) is 10.8. The maximum Gasteiger partial charge on any atom is 0.338 e. The monoisotopic (exact) mass is 416 g/mol. The van der Waals surface area contributed by atoms with Crippen molar-refractivity contribution in [3.05, 3.63) is 38.9 Å². The van der Waals surface area contributed by atoms with Crippen LogP contribution in [-0.4, -0.2) is 23.2 Å². The van der Waals surface area contributed by atoms with Gasteiger partial charge in [-0.3, -0.25) is 0 Å². The van der Waals surface area contributed by atoms with Gasteiger partial charge < -0.3 is 20.3 Å². The Kier molecular flexibility index (Phi) is 4.69. The molecule has 0 amide bonds. The van der Waals surface area contributed by atoms with Gasteiger partial charge in [0.2, 0.25) is 5.88 Å². The minimum absolute atomic E-state index is 0.0210. The molecule has 0 aliphatic heterocycles. The number of ether oxygens (including phenoxy) is 2. The van der Waals surface area contributed by atoms with E-state index in [0.29, 0.717) is 20.4 Å². The van der Waals surface area contributed by atoms with E-state index in [-0.39, 0.29) is 17.1 Å². The summed E-state index contributed by atoms with van der Waals surface area (Å²) in [4.78, 5) is 15.0. The van der Waals surface area contributed by atoms with Crippen molar-refractivity contribution in [1.82, 2.24) is 4.98 Å². The van der Waals surface area contributed by atoms with Crippen LogP contribution in [0.1, 0.15) is 10.4 Å². The van der Waals surface area contributed by atoms with E-state index in [1.807, 2.05) is 0 Å². The van der Waals surface area contributed by atoms with Gasteiger partial charge in [-0.25, -0.2) is 9.78 Å². The van der Waals surface area contributed by atoms with Gasteiger partial charge >= 0.3 is 5.97 Å². The minimum Gasteiger partial charge on any atom is -0.496 e. The van der Waals surface area contributed by atoms with Crippen molar-refractivity contribution in [2.45, 2.75) is 0 Å². The first-order valence-electron chi connectivity index (χ1n) is 5.62. The molecule has 2 aromatic rings. The smallest absolute Gasteiger partial charge is 0.338 e. The Bertz CT molecular complexity index is 707. The van der Waals surface area contributed by atoms with Crippen molar-refractivity contribution in [3.8, 4) is 17.4 Å². The van der Waals surface area contributed by atoms with Crippen LogP contribution >= 0.6 is 31.9 Å². The Labute approximate surface area is 137 Å². The Morgan fingerprint density at radius 3 is 2.52 bits per heavy atom. The lowest BCUT2D eigenvalue weighted by Crippen LogP contribution is -2.05. The maximum atomic E-state index is 11.0. The molecular weight excluding hydrogens is 408 g/mol. The van der Waals surface area contributed by atoms with Crippen LogP contribution in [0, 0.1) is 0 Å². The summed E-state index contributed by atoms with van der Waals surface area (Å²) >= 11 is 6.68. The molecule has 8 heteroatoms. The fourth-order valence-electron chi connectivity index (χ4n) is 1.57. The van der Waals surface area contributed by atoms with Gasteiger partial charge in [0.1, 0.15) is 17.2 Å². The molecule has 110 valence electrons. The van der Waals surface area contributed by atoms with Crippen LogP contribution in [0.2, 0.25) is 0 Å². The van der Waals surface area contributed by atoms with Crippen molar-refractivity contribution >= 4 is 43.5 Å². The number of hydrogen-bond acceptors (Lipinski definition) is 5. The van der Waals surface area contributed by atoms with Crippen molar-refractivity contribution in [1.29, 1.82) is 0 Å². The van der Waals surface area contributed by atoms with Gasteiger partial charge in [-0.15, -0.1) is 0 Å². The highest BCUT2D eigenvalue weighted by Crippen LogP contribution is 2.39. The number of aromatic carboxylic acids is 1. The summed E-state index contributed by atoms with van der Waals surface area (Å²) in [6.07, 6.45) is 1.32. The lowest BCUT2D eigenvalue weighted by atomic mass is 10.2. The van der Waals surface area contributed by atoms with Crippen LogP contribution in [0.4, 0.5) is 5.69 Å². The summed E-state index contributed by atoms with van der Waals surface area (Å²) in [7, 11) is 1.54. The third kappa shape index (κ3) is 3.27. The summed E-state index contributed by atoms with van der Waals surface area (Å²) in [5.41, 5.74) is 5.65. The highest BCUT2D eigenvalue weighted by Gasteiger charge is 2.16. The fourth-order valence-corrected chi connectivity index (χ4v) is 2.46. The molecule has 0 bridgehead atoms. The molecule has 1 aromatic heterocycles. The quantitative estimate of drug-likeness (QED) is 0.787. The second-order valence-electron chi connectivity index (χ2n) is 3.90. The molecule has 2 rings (SSSR count). The molecule has 0 saturated carbocycles. The van der Waals surface area contributed by atoms with Crippen molar-refractivity contribution in [2.75, 3.05) is 12.8 Å². The van der Waals surface area contributed by atoms with Gasteiger partial charge in [-0.1, -0.05) is 0 Å². The van der Waals surface area contributed by atoms with Gasteiger partial charge in [-0.05, 0) is 50.1 Å². The number of anilines is 1. The topological polar surface area (TPSA) is 94.7 Å². The zero-order valence-corrected chi connectivity index (χ0v) is 13.9. The number of hydrogen-bond donors (Lipinski definition) is 2. The number of benzene rings is 1. The van der Waals surface area contributed by atoms with Gasteiger partial charge in [0.25, 0.3) is 0 Å². The van der Waals surface area contributed by atoms with Crippen LogP contribution < -0.4 is 15.2 Å². The maximum absolute atomic E-state index is 11.0. The molecule has 0 fully saturated rings. The van der Waals surface area contributed by atoms with Crippen molar-refractivity contribution < 1.29 is 19.4 Å². The predicted molar refractivity (Wildman–Crippen MR) is 84.1 cm³/mol. The third-order valence-corrected chi connectivity index (χ3v) is 3.84. The van der Waals surface area contributed by atoms with Crippen molar-refractivity contribution in [3.63, 3.8) is 0 Å². The van der Waals surface area contributed by atoms with Crippen LogP contribution in [0.25, 0.3) is 0 Å². The average Bonchev–Trinajstić information content (AvgIpc) is 2.44. The zero-order chi connectivity index (χ0) is 15.6. The van der Waals surface area contributed by atoms with E-state index in [0.717, 1.165) is 0 Å². The van der Waals surface area contributed by atoms with Gasteiger partial charge in [-0.2, -0.15) is 0 Å². The molecule has 6 nitrogen and oxygen atoms in total. The first kappa shape index (κ1) is 15.6. The molecule has 0 spiro atoms. The van der Waals surface area contributed by atoms with Crippen molar-refractivity contribution in [2.24, 2.45) is 0 Å². The van der Waals surface area contributed by atoms with Crippen LogP contribution in [-0.2, 0) is 0 Å². The molecule has 0 radical (unpaired) electrons. The number of nitrogen functional groups attached to an aromatic ring is 1. The lowest BCUT2D eigenvalue weighted by Gasteiger charge is -2.12. The molecule has 1 aromatic carbocycles. The Hall–Kier alpha value is -1.80. The molecular formula is C13H10Br2N2O4. The standard InChI is InChI=1S/C13H10Br2N2O4/c1-20-9-4-8(15)10(5-7(9)14)21-12-11(16)6(13(18)19)2-3-17-12/h2-5H,16H2,1H3,(H,18,19). The number of pyridine rings is 1. The Morgan fingerprint density at radius 1 is 1.29 bits per heavy atom. The van der Waals surface area contributed by atoms with E-state index in [9.17, 15) is 4.79 Å². The first-order valence-corrected chi connectivity index (χ1v) is 7.21. The summed E-state index contributed by atoms with van der Waals surface area (Å²) in [5, 5.41) is 9.03.